The molecular weight excluding hydrogens is 598 g/mol. The Morgan fingerprint density at radius 1 is 0.500 bits per heavy atom. The SMILES string of the molecule is Cc1cccc(Nc2ccc(-c3c(C)ccc(Nc4ccc(C)cc4Br)c3Br)c(Nc3ccccc3)c2)c1. The first-order valence-electron chi connectivity index (χ1n) is 12.5. The minimum absolute atomic E-state index is 1.00. The molecule has 3 nitrogen and oxygen atoms in total. The molecule has 5 aromatic rings. The highest BCUT2D eigenvalue weighted by molar-refractivity contribution is 9.11. The molecule has 0 heterocycles. The lowest BCUT2D eigenvalue weighted by Gasteiger charge is -2.20. The maximum absolute atomic E-state index is 3.94. The smallest absolute Gasteiger partial charge is 0.0535 e. The van der Waals surface area contributed by atoms with Crippen molar-refractivity contribution in [2.45, 2.75) is 20.8 Å². The number of halogens is 2. The van der Waals surface area contributed by atoms with Crippen LogP contribution < -0.4 is 16.0 Å². The zero-order chi connectivity index (χ0) is 26.6. The third-order valence-corrected chi connectivity index (χ3v) is 7.87. The van der Waals surface area contributed by atoms with E-state index in [1.807, 2.05) is 18.2 Å². The molecule has 0 spiro atoms. The van der Waals surface area contributed by atoms with Gasteiger partial charge in [-0.2, -0.15) is 0 Å². The summed E-state index contributed by atoms with van der Waals surface area (Å²) in [6.07, 6.45) is 0. The van der Waals surface area contributed by atoms with E-state index in [2.05, 4.69) is 154 Å². The molecular formula is C33H29Br2N3. The maximum Gasteiger partial charge on any atom is 0.0535 e. The zero-order valence-electron chi connectivity index (χ0n) is 21.6. The summed E-state index contributed by atoms with van der Waals surface area (Å²) in [4.78, 5) is 0. The van der Waals surface area contributed by atoms with Crippen molar-refractivity contribution >= 4 is 66.0 Å². The van der Waals surface area contributed by atoms with Gasteiger partial charge in [-0.25, -0.2) is 0 Å². The van der Waals surface area contributed by atoms with E-state index in [4.69, 9.17) is 0 Å². The monoisotopic (exact) mass is 625 g/mol. The van der Waals surface area contributed by atoms with Crippen LogP contribution in [0.1, 0.15) is 16.7 Å². The highest BCUT2D eigenvalue weighted by Crippen LogP contribution is 2.43. The lowest BCUT2D eigenvalue weighted by Crippen LogP contribution is -2.00. The van der Waals surface area contributed by atoms with Gasteiger partial charge in [-0.05, 0) is 124 Å². The Hall–Kier alpha value is -3.54. The minimum Gasteiger partial charge on any atom is -0.355 e. The van der Waals surface area contributed by atoms with E-state index < -0.39 is 0 Å². The first-order valence-corrected chi connectivity index (χ1v) is 14.1. The van der Waals surface area contributed by atoms with Crippen LogP contribution >= 0.6 is 31.9 Å². The van der Waals surface area contributed by atoms with Gasteiger partial charge in [-0.1, -0.05) is 48.5 Å². The summed E-state index contributed by atoms with van der Waals surface area (Å²) in [5.74, 6) is 0. The lowest BCUT2D eigenvalue weighted by atomic mass is 9.97. The Kier molecular flexibility index (Phi) is 7.87. The van der Waals surface area contributed by atoms with E-state index in [0.717, 1.165) is 54.2 Å². The quantitative estimate of drug-likeness (QED) is 0.168. The fraction of sp³-hybridized carbons (Fsp3) is 0.0909. The predicted molar refractivity (Wildman–Crippen MR) is 171 cm³/mol. The highest BCUT2D eigenvalue weighted by Gasteiger charge is 2.16. The highest BCUT2D eigenvalue weighted by atomic mass is 79.9. The van der Waals surface area contributed by atoms with Crippen molar-refractivity contribution in [2.75, 3.05) is 16.0 Å². The molecule has 0 radical (unpaired) electrons. The van der Waals surface area contributed by atoms with Crippen molar-refractivity contribution in [1.82, 2.24) is 0 Å². The fourth-order valence-electron chi connectivity index (χ4n) is 4.48. The lowest BCUT2D eigenvalue weighted by molar-refractivity contribution is 1.39. The Labute approximate surface area is 241 Å². The van der Waals surface area contributed by atoms with Gasteiger partial charge in [0.05, 0.1) is 11.4 Å². The van der Waals surface area contributed by atoms with Crippen LogP contribution in [0.3, 0.4) is 0 Å². The summed E-state index contributed by atoms with van der Waals surface area (Å²) in [5.41, 5.74) is 12.0. The van der Waals surface area contributed by atoms with Gasteiger partial charge in [0.2, 0.25) is 0 Å². The first-order chi connectivity index (χ1) is 18.4. The molecule has 0 saturated heterocycles. The molecule has 5 heteroatoms. The summed E-state index contributed by atoms with van der Waals surface area (Å²) < 4.78 is 2.05. The number of aryl methyl sites for hydroxylation is 3. The zero-order valence-corrected chi connectivity index (χ0v) is 24.7. The molecule has 190 valence electrons. The van der Waals surface area contributed by atoms with Gasteiger partial charge in [-0.3, -0.25) is 0 Å². The molecule has 0 aromatic heterocycles. The van der Waals surface area contributed by atoms with Gasteiger partial charge < -0.3 is 16.0 Å². The van der Waals surface area contributed by atoms with Gasteiger partial charge in [-0.15, -0.1) is 0 Å². The third kappa shape index (κ3) is 5.95. The second-order valence-corrected chi connectivity index (χ2v) is 11.1. The summed E-state index contributed by atoms with van der Waals surface area (Å²) in [5, 5.41) is 10.8. The van der Waals surface area contributed by atoms with Crippen LogP contribution in [-0.4, -0.2) is 0 Å². The minimum atomic E-state index is 1.00. The number of para-hydroxylation sites is 1. The third-order valence-electron chi connectivity index (χ3n) is 6.39. The molecule has 5 rings (SSSR count). The molecule has 0 saturated carbocycles. The second kappa shape index (κ2) is 11.5. The number of anilines is 6. The summed E-state index contributed by atoms with van der Waals surface area (Å²) >= 11 is 7.64. The predicted octanol–water partition coefficient (Wildman–Crippen LogP) is 11.0. The van der Waals surface area contributed by atoms with Crippen LogP contribution in [0.4, 0.5) is 34.1 Å². The number of hydrogen-bond donors (Lipinski definition) is 3. The molecule has 38 heavy (non-hydrogen) atoms. The molecule has 0 unspecified atom stereocenters. The van der Waals surface area contributed by atoms with Gasteiger partial charge in [0.15, 0.2) is 0 Å². The average molecular weight is 627 g/mol. The summed E-state index contributed by atoms with van der Waals surface area (Å²) in [7, 11) is 0. The number of rotatable bonds is 7. The number of nitrogens with one attached hydrogen (secondary N) is 3. The molecule has 3 N–H and O–H groups in total. The van der Waals surface area contributed by atoms with Gasteiger partial charge in [0.1, 0.15) is 0 Å². The standard InChI is InChI=1S/C33H29Br2N3/c1-21-8-7-11-25(18-21)36-26-14-15-27(31(20-26)37-24-9-5-4-6-10-24)32-23(3)13-17-30(33(32)35)38-29-16-12-22(2)19-28(29)34/h4-20,36-38H,1-3H3. The Morgan fingerprint density at radius 2 is 1.21 bits per heavy atom. The van der Waals surface area contributed by atoms with Crippen molar-refractivity contribution in [3.8, 4) is 11.1 Å². The molecule has 0 bridgehead atoms. The van der Waals surface area contributed by atoms with Gasteiger partial charge in [0.25, 0.3) is 0 Å². The largest absolute Gasteiger partial charge is 0.355 e. The summed E-state index contributed by atoms with van der Waals surface area (Å²) in [6.45, 7) is 6.34. The normalized spacial score (nSPS) is 10.8. The van der Waals surface area contributed by atoms with Crippen LogP contribution in [0.5, 0.6) is 0 Å². The Balaban J connectivity index is 1.58. The number of hydrogen-bond acceptors (Lipinski definition) is 3. The Bertz CT molecular complexity index is 1600. The van der Waals surface area contributed by atoms with Crippen molar-refractivity contribution < 1.29 is 0 Å². The molecule has 0 aliphatic heterocycles. The van der Waals surface area contributed by atoms with Gasteiger partial charge >= 0.3 is 0 Å². The van der Waals surface area contributed by atoms with Crippen molar-refractivity contribution in [2.24, 2.45) is 0 Å². The molecule has 0 aliphatic carbocycles. The molecule has 0 fully saturated rings. The van der Waals surface area contributed by atoms with E-state index in [1.165, 1.54) is 16.7 Å². The first kappa shape index (κ1) is 26.1. The molecule has 5 aromatic carbocycles. The van der Waals surface area contributed by atoms with Crippen LogP contribution in [0, 0.1) is 20.8 Å². The second-order valence-electron chi connectivity index (χ2n) is 9.47. The van der Waals surface area contributed by atoms with Crippen LogP contribution in [0.25, 0.3) is 11.1 Å². The topological polar surface area (TPSA) is 36.1 Å². The van der Waals surface area contributed by atoms with Gasteiger partial charge in [0, 0.05) is 42.8 Å². The van der Waals surface area contributed by atoms with Crippen molar-refractivity contribution in [1.29, 1.82) is 0 Å². The van der Waals surface area contributed by atoms with E-state index >= 15 is 0 Å². The average Bonchev–Trinajstić information content (AvgIpc) is 2.89. The van der Waals surface area contributed by atoms with E-state index in [-0.39, 0.29) is 0 Å². The van der Waals surface area contributed by atoms with Crippen LogP contribution in [0.2, 0.25) is 0 Å². The van der Waals surface area contributed by atoms with E-state index in [9.17, 15) is 0 Å². The maximum atomic E-state index is 3.94. The van der Waals surface area contributed by atoms with E-state index in [0.29, 0.717) is 0 Å². The molecule has 0 atom stereocenters. The van der Waals surface area contributed by atoms with Crippen molar-refractivity contribution in [3.63, 3.8) is 0 Å². The van der Waals surface area contributed by atoms with Crippen molar-refractivity contribution in [3.05, 3.63) is 129 Å². The van der Waals surface area contributed by atoms with E-state index in [1.54, 1.807) is 0 Å². The fourth-order valence-corrected chi connectivity index (χ4v) is 5.83. The summed E-state index contributed by atoms with van der Waals surface area (Å²) in [6, 6.07) is 35.8. The Morgan fingerprint density at radius 3 is 1.97 bits per heavy atom. The van der Waals surface area contributed by atoms with Crippen LogP contribution in [-0.2, 0) is 0 Å². The van der Waals surface area contributed by atoms with Crippen LogP contribution in [0.15, 0.2) is 112 Å². The number of benzene rings is 5. The molecule has 0 amide bonds. The molecule has 0 aliphatic rings.